The minimum atomic E-state index is 0.722. The topological polar surface area (TPSA) is 34.1 Å². The highest BCUT2D eigenvalue weighted by molar-refractivity contribution is 7.22. The molecule has 0 saturated heterocycles. The van der Waals surface area contributed by atoms with E-state index >= 15 is 0 Å². The minimum Gasteiger partial charge on any atom is -0.497 e. The van der Waals surface area contributed by atoms with Crippen LogP contribution in [0.1, 0.15) is 0 Å². The molecule has 1 N–H and O–H groups in total. The molecule has 2 aromatic carbocycles. The summed E-state index contributed by atoms with van der Waals surface area (Å²) in [5, 5.41) is 4.84. The van der Waals surface area contributed by atoms with Crippen LogP contribution in [0.15, 0.2) is 42.5 Å². The van der Waals surface area contributed by atoms with E-state index in [9.17, 15) is 0 Å². The highest BCUT2D eigenvalue weighted by Gasteiger charge is 2.05. The van der Waals surface area contributed by atoms with Crippen molar-refractivity contribution >= 4 is 44.0 Å². The van der Waals surface area contributed by atoms with Gasteiger partial charge in [0.05, 0.1) is 17.3 Å². The van der Waals surface area contributed by atoms with Crippen LogP contribution in [0.5, 0.6) is 5.75 Å². The number of thiazole rings is 1. The molecular formula is C14H11ClN2OS. The van der Waals surface area contributed by atoms with Gasteiger partial charge in [-0.25, -0.2) is 4.98 Å². The molecule has 1 heterocycles. The van der Waals surface area contributed by atoms with Crippen LogP contribution < -0.4 is 10.1 Å². The molecule has 0 aliphatic carbocycles. The predicted octanol–water partition coefficient (Wildman–Crippen LogP) is 4.70. The molecule has 5 heteroatoms. The number of methoxy groups -OCH3 is 1. The zero-order valence-corrected chi connectivity index (χ0v) is 11.8. The normalized spacial score (nSPS) is 10.6. The van der Waals surface area contributed by atoms with E-state index < -0.39 is 0 Å². The molecule has 0 aliphatic rings. The van der Waals surface area contributed by atoms with Gasteiger partial charge < -0.3 is 10.1 Å². The van der Waals surface area contributed by atoms with Crippen LogP contribution in [0, 0.1) is 0 Å². The fourth-order valence-corrected chi connectivity index (χ4v) is 2.74. The summed E-state index contributed by atoms with van der Waals surface area (Å²) in [7, 11) is 1.65. The van der Waals surface area contributed by atoms with Crippen molar-refractivity contribution in [2.24, 2.45) is 0 Å². The van der Waals surface area contributed by atoms with Crippen LogP contribution in [0.3, 0.4) is 0 Å². The zero-order valence-electron chi connectivity index (χ0n) is 10.2. The Balaban J connectivity index is 1.90. The largest absolute Gasteiger partial charge is 0.497 e. The van der Waals surface area contributed by atoms with Gasteiger partial charge in [0.2, 0.25) is 0 Å². The molecule has 0 saturated carbocycles. The van der Waals surface area contributed by atoms with Crippen LogP contribution in [0.4, 0.5) is 10.8 Å². The van der Waals surface area contributed by atoms with Crippen LogP contribution in [0.25, 0.3) is 10.2 Å². The Morgan fingerprint density at radius 1 is 1.16 bits per heavy atom. The van der Waals surface area contributed by atoms with E-state index in [1.165, 1.54) is 0 Å². The summed E-state index contributed by atoms with van der Waals surface area (Å²) in [6, 6.07) is 13.4. The first-order valence-corrected chi connectivity index (χ1v) is 6.91. The number of ether oxygens (including phenoxy) is 1. The highest BCUT2D eigenvalue weighted by atomic mass is 35.5. The third kappa shape index (κ3) is 2.64. The average molecular weight is 291 g/mol. The number of hydrogen-bond donors (Lipinski definition) is 1. The van der Waals surface area contributed by atoms with Gasteiger partial charge in [0.15, 0.2) is 5.13 Å². The Kier molecular flexibility index (Phi) is 3.27. The number of nitrogens with one attached hydrogen (secondary N) is 1. The Hall–Kier alpha value is -1.78. The maximum Gasteiger partial charge on any atom is 0.188 e. The fourth-order valence-electron chi connectivity index (χ4n) is 1.74. The predicted molar refractivity (Wildman–Crippen MR) is 80.9 cm³/mol. The van der Waals surface area contributed by atoms with Crippen LogP contribution in [-0.4, -0.2) is 12.1 Å². The maximum absolute atomic E-state index is 5.86. The first kappa shape index (κ1) is 12.3. The maximum atomic E-state index is 5.86. The number of anilines is 2. The summed E-state index contributed by atoms with van der Waals surface area (Å²) >= 11 is 7.46. The molecule has 0 bridgehead atoms. The van der Waals surface area contributed by atoms with E-state index in [-0.39, 0.29) is 0 Å². The third-order valence-corrected chi connectivity index (χ3v) is 3.89. The number of fused-ring (bicyclic) bond motifs is 1. The summed E-state index contributed by atoms with van der Waals surface area (Å²) in [5.41, 5.74) is 1.90. The molecule has 3 nitrogen and oxygen atoms in total. The van der Waals surface area contributed by atoms with Crippen LogP contribution in [0.2, 0.25) is 5.02 Å². The smallest absolute Gasteiger partial charge is 0.188 e. The van der Waals surface area contributed by atoms with Crippen molar-refractivity contribution in [3.8, 4) is 5.75 Å². The van der Waals surface area contributed by atoms with Gasteiger partial charge in [-0.3, -0.25) is 0 Å². The van der Waals surface area contributed by atoms with Gasteiger partial charge in [0.1, 0.15) is 5.75 Å². The van der Waals surface area contributed by atoms with E-state index in [0.29, 0.717) is 0 Å². The molecule has 96 valence electrons. The van der Waals surface area contributed by atoms with E-state index in [0.717, 1.165) is 31.8 Å². The molecule has 3 rings (SSSR count). The SMILES string of the molecule is COc1ccc2sc(Nc3ccc(Cl)cc3)nc2c1. The second-order valence-corrected chi connectivity index (χ2v) is 5.45. The lowest BCUT2D eigenvalue weighted by atomic mass is 10.3. The highest BCUT2D eigenvalue weighted by Crippen LogP contribution is 2.30. The van der Waals surface area contributed by atoms with Gasteiger partial charge >= 0.3 is 0 Å². The molecular weight excluding hydrogens is 280 g/mol. The summed E-state index contributed by atoms with van der Waals surface area (Å²) in [6.45, 7) is 0. The lowest BCUT2D eigenvalue weighted by Crippen LogP contribution is -1.88. The molecule has 19 heavy (non-hydrogen) atoms. The quantitative estimate of drug-likeness (QED) is 0.759. The van der Waals surface area contributed by atoms with Crippen LogP contribution in [-0.2, 0) is 0 Å². The molecule has 0 fully saturated rings. The third-order valence-electron chi connectivity index (χ3n) is 2.69. The summed E-state index contributed by atoms with van der Waals surface area (Å²) in [5.74, 6) is 0.816. The monoisotopic (exact) mass is 290 g/mol. The Morgan fingerprint density at radius 3 is 2.68 bits per heavy atom. The fraction of sp³-hybridized carbons (Fsp3) is 0.0714. The number of aromatic nitrogens is 1. The van der Waals surface area contributed by atoms with Gasteiger partial charge in [-0.1, -0.05) is 22.9 Å². The van der Waals surface area contributed by atoms with Crippen LogP contribution >= 0.6 is 22.9 Å². The number of hydrogen-bond acceptors (Lipinski definition) is 4. The number of benzene rings is 2. The van der Waals surface area contributed by atoms with Gasteiger partial charge in [-0.05, 0) is 36.4 Å². The van der Waals surface area contributed by atoms with Crippen molar-refractivity contribution in [1.82, 2.24) is 4.98 Å². The minimum absolute atomic E-state index is 0.722. The molecule has 0 radical (unpaired) electrons. The second-order valence-electron chi connectivity index (χ2n) is 3.98. The van der Waals surface area contributed by atoms with E-state index in [1.54, 1.807) is 18.4 Å². The molecule has 0 amide bonds. The van der Waals surface area contributed by atoms with E-state index in [2.05, 4.69) is 10.3 Å². The molecule has 1 aromatic heterocycles. The van der Waals surface area contributed by atoms with Crippen molar-refractivity contribution in [2.45, 2.75) is 0 Å². The van der Waals surface area contributed by atoms with E-state index in [4.69, 9.17) is 16.3 Å². The average Bonchev–Trinajstić information content (AvgIpc) is 2.82. The Labute approximate surface area is 119 Å². The first-order valence-electron chi connectivity index (χ1n) is 5.72. The van der Waals surface area contributed by atoms with Gasteiger partial charge in [0, 0.05) is 16.8 Å². The van der Waals surface area contributed by atoms with Crippen molar-refractivity contribution in [3.63, 3.8) is 0 Å². The lowest BCUT2D eigenvalue weighted by molar-refractivity contribution is 0.415. The molecule has 0 atom stereocenters. The molecule has 0 spiro atoms. The number of nitrogens with zero attached hydrogens (tertiary/aromatic N) is 1. The lowest BCUT2D eigenvalue weighted by Gasteiger charge is -2.01. The standard InChI is InChI=1S/C14H11ClN2OS/c1-18-11-6-7-13-12(8-11)17-14(19-13)16-10-4-2-9(15)3-5-10/h2-8H,1H3,(H,16,17). The van der Waals surface area contributed by atoms with Crippen molar-refractivity contribution in [2.75, 3.05) is 12.4 Å². The first-order chi connectivity index (χ1) is 9.24. The van der Waals surface area contributed by atoms with E-state index in [1.807, 2.05) is 42.5 Å². The van der Waals surface area contributed by atoms with Crippen molar-refractivity contribution in [1.29, 1.82) is 0 Å². The number of rotatable bonds is 3. The van der Waals surface area contributed by atoms with Gasteiger partial charge in [-0.15, -0.1) is 0 Å². The second kappa shape index (κ2) is 5.07. The number of halogens is 1. The molecule has 0 unspecified atom stereocenters. The zero-order chi connectivity index (χ0) is 13.2. The summed E-state index contributed by atoms with van der Waals surface area (Å²) in [4.78, 5) is 4.53. The summed E-state index contributed by atoms with van der Waals surface area (Å²) < 4.78 is 6.32. The molecule has 0 aliphatic heterocycles. The van der Waals surface area contributed by atoms with Gasteiger partial charge in [-0.2, -0.15) is 0 Å². The molecule has 3 aromatic rings. The van der Waals surface area contributed by atoms with Gasteiger partial charge in [0.25, 0.3) is 0 Å². The summed E-state index contributed by atoms with van der Waals surface area (Å²) in [6.07, 6.45) is 0. The van der Waals surface area contributed by atoms with Crippen molar-refractivity contribution < 1.29 is 4.74 Å². The Morgan fingerprint density at radius 2 is 1.95 bits per heavy atom. The Bertz CT molecular complexity index is 709. The van der Waals surface area contributed by atoms with Crippen molar-refractivity contribution in [3.05, 3.63) is 47.5 Å².